The molecule has 7 heteroatoms. The monoisotopic (exact) mass is 315 g/mol. The van der Waals surface area contributed by atoms with Crippen molar-refractivity contribution in [2.75, 3.05) is 0 Å². The van der Waals surface area contributed by atoms with Crippen molar-refractivity contribution in [3.05, 3.63) is 58.4 Å². The summed E-state index contributed by atoms with van der Waals surface area (Å²) in [6.07, 6.45) is 3.98. The average molecular weight is 315 g/mol. The molecule has 0 spiro atoms. The average Bonchev–Trinajstić information content (AvgIpc) is 3.05. The first-order chi connectivity index (χ1) is 11.1. The van der Waals surface area contributed by atoms with Crippen molar-refractivity contribution < 1.29 is 14.5 Å². The molecule has 1 heterocycles. The maximum Gasteiger partial charge on any atom is 0.307 e. The van der Waals surface area contributed by atoms with Gasteiger partial charge in [-0.3, -0.25) is 19.6 Å². The first-order valence-corrected chi connectivity index (χ1v) is 7.50. The van der Waals surface area contributed by atoms with Crippen LogP contribution in [0.5, 0.6) is 0 Å². The van der Waals surface area contributed by atoms with Crippen molar-refractivity contribution in [2.45, 2.75) is 38.0 Å². The summed E-state index contributed by atoms with van der Waals surface area (Å²) in [6.45, 7) is 0.492. The zero-order valence-corrected chi connectivity index (χ0v) is 12.5. The number of hydrogen-bond donors (Lipinski definition) is 0. The Morgan fingerprint density at radius 1 is 1.35 bits per heavy atom. The summed E-state index contributed by atoms with van der Waals surface area (Å²) >= 11 is 0. The van der Waals surface area contributed by atoms with E-state index in [4.69, 9.17) is 4.74 Å². The normalized spacial score (nSPS) is 21.3. The number of ketones is 1. The van der Waals surface area contributed by atoms with Gasteiger partial charge in [-0.05, 0) is 12.0 Å². The van der Waals surface area contributed by atoms with Gasteiger partial charge < -0.3 is 4.74 Å². The Balaban J connectivity index is 1.64. The van der Waals surface area contributed by atoms with E-state index in [2.05, 4.69) is 5.10 Å². The maximum absolute atomic E-state index is 12.1. The van der Waals surface area contributed by atoms with Gasteiger partial charge in [0.25, 0.3) is 0 Å². The third-order valence-corrected chi connectivity index (χ3v) is 4.02. The number of benzene rings is 1. The van der Waals surface area contributed by atoms with Gasteiger partial charge in [0, 0.05) is 12.8 Å². The van der Waals surface area contributed by atoms with Gasteiger partial charge in [0.15, 0.2) is 5.78 Å². The van der Waals surface area contributed by atoms with Gasteiger partial charge in [0.2, 0.25) is 0 Å². The molecule has 2 unspecified atom stereocenters. The molecule has 2 atom stereocenters. The first-order valence-electron chi connectivity index (χ1n) is 7.50. The van der Waals surface area contributed by atoms with E-state index in [0.29, 0.717) is 25.9 Å². The lowest BCUT2D eigenvalue weighted by atomic mass is 9.91. The summed E-state index contributed by atoms with van der Waals surface area (Å²) in [5, 5.41) is 14.7. The second kappa shape index (κ2) is 6.70. The van der Waals surface area contributed by atoms with Crippen LogP contribution < -0.4 is 0 Å². The fraction of sp³-hybridized carbons (Fsp3) is 0.375. The van der Waals surface area contributed by atoms with E-state index in [1.807, 2.05) is 30.3 Å². The van der Waals surface area contributed by atoms with Gasteiger partial charge in [-0.25, -0.2) is 0 Å². The van der Waals surface area contributed by atoms with Crippen molar-refractivity contribution >= 4 is 11.5 Å². The molecule has 2 aromatic rings. The lowest BCUT2D eigenvalue weighted by molar-refractivity contribution is -0.385. The molecule has 7 nitrogen and oxygen atoms in total. The Morgan fingerprint density at radius 3 is 2.83 bits per heavy atom. The van der Waals surface area contributed by atoms with E-state index in [-0.39, 0.29) is 17.6 Å². The van der Waals surface area contributed by atoms with E-state index in [9.17, 15) is 14.9 Å². The van der Waals surface area contributed by atoms with Crippen molar-refractivity contribution in [3.63, 3.8) is 0 Å². The summed E-state index contributed by atoms with van der Waals surface area (Å²) in [6, 6.07) is 9.34. The topological polar surface area (TPSA) is 87.3 Å². The van der Waals surface area contributed by atoms with Crippen LogP contribution in [0.25, 0.3) is 0 Å². The minimum atomic E-state index is -0.514. The molecule has 1 saturated carbocycles. The summed E-state index contributed by atoms with van der Waals surface area (Å²) < 4.78 is 7.28. The molecule has 1 aliphatic rings. The van der Waals surface area contributed by atoms with E-state index < -0.39 is 11.0 Å². The molecule has 0 radical (unpaired) electrons. The Kier molecular flexibility index (Phi) is 4.47. The van der Waals surface area contributed by atoms with Crippen LogP contribution in [0, 0.1) is 10.1 Å². The second-order valence-corrected chi connectivity index (χ2v) is 5.61. The third kappa shape index (κ3) is 3.62. The summed E-state index contributed by atoms with van der Waals surface area (Å²) in [7, 11) is 0. The summed E-state index contributed by atoms with van der Waals surface area (Å²) in [5.41, 5.74) is 0.973. The second-order valence-electron chi connectivity index (χ2n) is 5.61. The zero-order valence-electron chi connectivity index (χ0n) is 12.5. The molecular formula is C16H17N3O4. The van der Waals surface area contributed by atoms with Gasteiger partial charge in [-0.2, -0.15) is 5.10 Å². The Hall–Kier alpha value is -2.54. The predicted octanol–water partition coefficient (Wildman–Crippen LogP) is 2.67. The molecule has 1 fully saturated rings. The number of rotatable bonds is 5. The molecule has 0 amide bonds. The van der Waals surface area contributed by atoms with Crippen LogP contribution >= 0.6 is 0 Å². The van der Waals surface area contributed by atoms with E-state index in [0.717, 1.165) is 5.56 Å². The highest BCUT2D eigenvalue weighted by Crippen LogP contribution is 2.28. The number of ether oxygens (including phenoxy) is 1. The number of carbonyl (C=O) groups is 1. The highest BCUT2D eigenvalue weighted by molar-refractivity contribution is 5.83. The van der Waals surface area contributed by atoms with Gasteiger partial charge in [0.1, 0.15) is 18.4 Å². The largest absolute Gasteiger partial charge is 0.373 e. The molecule has 0 saturated heterocycles. The van der Waals surface area contributed by atoms with Crippen LogP contribution in [0.15, 0.2) is 42.7 Å². The summed E-state index contributed by atoms with van der Waals surface area (Å²) in [4.78, 5) is 22.3. The maximum atomic E-state index is 12.1. The molecular weight excluding hydrogens is 298 g/mol. The molecule has 1 aromatic carbocycles. The van der Waals surface area contributed by atoms with Crippen molar-refractivity contribution in [1.29, 1.82) is 0 Å². The molecule has 1 aliphatic carbocycles. The smallest absolute Gasteiger partial charge is 0.307 e. The van der Waals surface area contributed by atoms with Crippen LogP contribution in [0.2, 0.25) is 0 Å². The molecule has 0 aliphatic heterocycles. The van der Waals surface area contributed by atoms with E-state index >= 15 is 0 Å². The van der Waals surface area contributed by atoms with Crippen molar-refractivity contribution in [2.24, 2.45) is 0 Å². The number of nitro groups is 1. The minimum Gasteiger partial charge on any atom is -0.373 e. The standard InChI is InChI=1S/C16H17N3O4/c20-16-7-6-14(23-11-12-4-2-1-3-5-12)8-15(16)18-10-13(9-17-18)19(21)22/h1-5,9-10,14-15H,6-8,11H2. The fourth-order valence-corrected chi connectivity index (χ4v) is 2.76. The molecule has 0 bridgehead atoms. The lowest BCUT2D eigenvalue weighted by Gasteiger charge is -2.28. The van der Waals surface area contributed by atoms with Crippen molar-refractivity contribution in [3.8, 4) is 0 Å². The van der Waals surface area contributed by atoms with E-state index in [1.165, 1.54) is 17.1 Å². The quantitative estimate of drug-likeness (QED) is 0.625. The molecule has 3 rings (SSSR count). The van der Waals surface area contributed by atoms with Gasteiger partial charge in [-0.15, -0.1) is 0 Å². The number of Topliss-reactive ketones (excluding diaryl/α,β-unsaturated/α-hetero) is 1. The van der Waals surface area contributed by atoms with Crippen LogP contribution in [-0.2, 0) is 16.1 Å². The highest BCUT2D eigenvalue weighted by atomic mass is 16.6. The highest BCUT2D eigenvalue weighted by Gasteiger charge is 2.32. The van der Waals surface area contributed by atoms with Crippen LogP contribution in [0.1, 0.15) is 30.9 Å². The predicted molar refractivity (Wildman–Crippen MR) is 81.8 cm³/mol. The SMILES string of the molecule is O=C1CCC(OCc2ccccc2)CC1n1cc([N+](=O)[O-])cn1. The Morgan fingerprint density at radius 2 is 2.13 bits per heavy atom. The first kappa shape index (κ1) is 15.4. The van der Waals surface area contributed by atoms with Crippen LogP contribution in [-0.4, -0.2) is 26.6 Å². The van der Waals surface area contributed by atoms with Gasteiger partial charge >= 0.3 is 5.69 Å². The fourth-order valence-electron chi connectivity index (χ4n) is 2.76. The molecule has 0 N–H and O–H groups in total. The number of carbonyl (C=O) groups excluding carboxylic acids is 1. The molecule has 23 heavy (non-hydrogen) atoms. The number of nitrogens with zero attached hydrogens (tertiary/aromatic N) is 3. The molecule has 120 valence electrons. The van der Waals surface area contributed by atoms with Crippen LogP contribution in [0.3, 0.4) is 0 Å². The number of aromatic nitrogens is 2. The molecule has 1 aromatic heterocycles. The lowest BCUT2D eigenvalue weighted by Crippen LogP contribution is -2.32. The van der Waals surface area contributed by atoms with Gasteiger partial charge in [-0.1, -0.05) is 30.3 Å². The van der Waals surface area contributed by atoms with Gasteiger partial charge in [0.05, 0.1) is 17.6 Å². The Bertz CT molecular complexity index is 698. The Labute approximate surface area is 133 Å². The third-order valence-electron chi connectivity index (χ3n) is 4.02. The number of hydrogen-bond acceptors (Lipinski definition) is 5. The zero-order chi connectivity index (χ0) is 16.2. The summed E-state index contributed by atoms with van der Waals surface area (Å²) in [5.74, 6) is 0.0440. The van der Waals surface area contributed by atoms with E-state index in [1.54, 1.807) is 0 Å². The minimum absolute atomic E-state index is 0.0440. The van der Waals surface area contributed by atoms with Crippen molar-refractivity contribution in [1.82, 2.24) is 9.78 Å². The van der Waals surface area contributed by atoms with Crippen LogP contribution in [0.4, 0.5) is 5.69 Å².